The molecule has 1 amide bonds. The van der Waals surface area contributed by atoms with Gasteiger partial charge >= 0.3 is 0 Å². The zero-order valence-corrected chi connectivity index (χ0v) is 18.4. The average Bonchev–Trinajstić information content (AvgIpc) is 3.20. The van der Waals surface area contributed by atoms with Crippen LogP contribution in [-0.2, 0) is 4.79 Å². The number of thioether (sulfide) groups is 1. The summed E-state index contributed by atoms with van der Waals surface area (Å²) in [4.78, 5) is 15.0. The number of nitrogens with zero attached hydrogens (tertiary/aromatic N) is 4. The highest BCUT2D eigenvalue weighted by Gasteiger charge is 2.24. The molecule has 0 spiro atoms. The van der Waals surface area contributed by atoms with E-state index in [1.165, 1.54) is 18.2 Å². The molecule has 1 N–H and O–H groups in total. The predicted octanol–water partition coefficient (Wildman–Crippen LogP) is 5.03. The minimum Gasteiger partial charge on any atom is -0.341 e. The van der Waals surface area contributed by atoms with Gasteiger partial charge in [0.05, 0.1) is 21.6 Å². The lowest BCUT2D eigenvalue weighted by atomic mass is 10.1. The number of amides is 1. The smallest absolute Gasteiger partial charge is 0.237 e. The Labute approximate surface area is 185 Å². The van der Waals surface area contributed by atoms with Crippen molar-refractivity contribution < 1.29 is 4.79 Å². The normalized spacial score (nSPS) is 15.1. The van der Waals surface area contributed by atoms with Gasteiger partial charge in [0.2, 0.25) is 11.9 Å². The Hall–Kier alpha value is -2.51. The first-order chi connectivity index (χ1) is 14.6. The van der Waals surface area contributed by atoms with E-state index in [0.717, 1.165) is 37.6 Å². The Bertz CT molecular complexity index is 1000. The van der Waals surface area contributed by atoms with Crippen LogP contribution in [0.4, 0.5) is 11.6 Å². The lowest BCUT2D eigenvalue weighted by Crippen LogP contribution is -2.31. The first-order valence-electron chi connectivity index (χ1n) is 10.1. The molecule has 4 rings (SSSR count). The fraction of sp³-hybridized carbons (Fsp3) is 0.318. The van der Waals surface area contributed by atoms with Crippen molar-refractivity contribution in [2.75, 3.05) is 23.3 Å². The van der Waals surface area contributed by atoms with Gasteiger partial charge in [-0.3, -0.25) is 9.36 Å². The minimum atomic E-state index is -0.373. The summed E-state index contributed by atoms with van der Waals surface area (Å²) in [5.74, 6) is 0.706. The van der Waals surface area contributed by atoms with E-state index in [2.05, 4.69) is 25.0 Å². The van der Waals surface area contributed by atoms with Gasteiger partial charge in [-0.25, -0.2) is 0 Å². The van der Waals surface area contributed by atoms with E-state index in [1.807, 2.05) is 49.4 Å². The van der Waals surface area contributed by atoms with Crippen molar-refractivity contribution in [1.82, 2.24) is 14.8 Å². The highest BCUT2D eigenvalue weighted by molar-refractivity contribution is 8.00. The number of para-hydroxylation sites is 2. The van der Waals surface area contributed by atoms with Crippen molar-refractivity contribution in [3.8, 4) is 5.69 Å². The van der Waals surface area contributed by atoms with E-state index in [9.17, 15) is 4.79 Å². The number of carbonyl (C=O) groups is 1. The number of benzene rings is 2. The summed E-state index contributed by atoms with van der Waals surface area (Å²) in [5.41, 5.74) is 1.60. The van der Waals surface area contributed by atoms with E-state index in [0.29, 0.717) is 15.9 Å². The number of carbonyl (C=O) groups excluding carboxylic acids is 1. The number of hydrogen-bond acceptors (Lipinski definition) is 5. The maximum Gasteiger partial charge on any atom is 0.237 e. The molecule has 0 aliphatic carbocycles. The molecule has 1 aliphatic rings. The molecule has 1 aromatic heterocycles. The first kappa shape index (κ1) is 20.8. The molecule has 30 heavy (non-hydrogen) atoms. The van der Waals surface area contributed by atoms with Gasteiger partial charge in [-0.05, 0) is 50.5 Å². The molecule has 0 radical (unpaired) electrons. The predicted molar refractivity (Wildman–Crippen MR) is 123 cm³/mol. The Balaban J connectivity index is 1.58. The maximum absolute atomic E-state index is 12.8. The number of nitrogens with one attached hydrogen (secondary N) is 1. The van der Waals surface area contributed by atoms with Crippen LogP contribution in [0.15, 0.2) is 59.8 Å². The fourth-order valence-electron chi connectivity index (χ4n) is 3.45. The molecule has 8 heteroatoms. The van der Waals surface area contributed by atoms with Crippen LogP contribution >= 0.6 is 23.4 Å². The van der Waals surface area contributed by atoms with Crippen molar-refractivity contribution >= 4 is 40.9 Å². The number of aromatic nitrogens is 3. The molecule has 1 fully saturated rings. The largest absolute Gasteiger partial charge is 0.341 e. The summed E-state index contributed by atoms with van der Waals surface area (Å²) in [6, 6.07) is 17.3. The van der Waals surface area contributed by atoms with Crippen LogP contribution in [0.2, 0.25) is 5.02 Å². The number of piperidine rings is 1. The molecule has 1 saturated heterocycles. The lowest BCUT2D eigenvalue weighted by molar-refractivity contribution is -0.115. The van der Waals surface area contributed by atoms with Gasteiger partial charge in [0, 0.05) is 13.1 Å². The number of rotatable bonds is 6. The molecule has 1 unspecified atom stereocenters. The van der Waals surface area contributed by atoms with Crippen molar-refractivity contribution in [2.24, 2.45) is 0 Å². The fourth-order valence-corrected chi connectivity index (χ4v) is 4.49. The molecule has 2 aromatic carbocycles. The number of hydrogen-bond donors (Lipinski definition) is 1. The molecular weight excluding hydrogens is 418 g/mol. The van der Waals surface area contributed by atoms with Gasteiger partial charge in [0.15, 0.2) is 5.16 Å². The molecule has 1 atom stereocenters. The molecule has 3 aromatic rings. The zero-order chi connectivity index (χ0) is 20.9. The van der Waals surface area contributed by atoms with Gasteiger partial charge in [-0.2, -0.15) is 0 Å². The Morgan fingerprint density at radius 2 is 1.73 bits per heavy atom. The van der Waals surface area contributed by atoms with Gasteiger partial charge in [0.25, 0.3) is 0 Å². The van der Waals surface area contributed by atoms with Crippen LogP contribution in [0.25, 0.3) is 5.69 Å². The van der Waals surface area contributed by atoms with Crippen LogP contribution in [0.3, 0.4) is 0 Å². The standard InChI is InChI=1S/C22H24ClN5OS/c1-16(20(29)24-19-13-7-6-12-18(19)23)30-22-26-25-21(27-14-8-3-9-15-27)28(22)17-10-4-2-5-11-17/h2,4-7,10-13,16H,3,8-9,14-15H2,1H3,(H,24,29). The zero-order valence-electron chi connectivity index (χ0n) is 16.8. The summed E-state index contributed by atoms with van der Waals surface area (Å²) in [7, 11) is 0. The van der Waals surface area contributed by atoms with Gasteiger partial charge < -0.3 is 10.2 Å². The molecule has 156 valence electrons. The number of halogens is 1. The van der Waals surface area contributed by atoms with Gasteiger partial charge in [-0.15, -0.1) is 10.2 Å². The summed E-state index contributed by atoms with van der Waals surface area (Å²) in [6.45, 7) is 3.80. The lowest BCUT2D eigenvalue weighted by Gasteiger charge is -2.28. The second-order valence-electron chi connectivity index (χ2n) is 7.23. The third-order valence-electron chi connectivity index (χ3n) is 5.05. The quantitative estimate of drug-likeness (QED) is 0.543. The minimum absolute atomic E-state index is 0.129. The van der Waals surface area contributed by atoms with E-state index in [-0.39, 0.29) is 11.2 Å². The highest BCUT2D eigenvalue weighted by Crippen LogP contribution is 2.31. The topological polar surface area (TPSA) is 63.1 Å². The van der Waals surface area contributed by atoms with E-state index >= 15 is 0 Å². The average molecular weight is 442 g/mol. The summed E-state index contributed by atoms with van der Waals surface area (Å²) in [6.07, 6.45) is 3.55. The molecule has 6 nitrogen and oxygen atoms in total. The van der Waals surface area contributed by atoms with Crippen LogP contribution < -0.4 is 10.2 Å². The summed E-state index contributed by atoms with van der Waals surface area (Å²) < 4.78 is 2.05. The van der Waals surface area contributed by atoms with Crippen molar-refractivity contribution in [1.29, 1.82) is 0 Å². The number of anilines is 2. The van der Waals surface area contributed by atoms with Crippen LogP contribution in [0.1, 0.15) is 26.2 Å². The first-order valence-corrected chi connectivity index (χ1v) is 11.4. The second-order valence-corrected chi connectivity index (χ2v) is 8.95. The van der Waals surface area contributed by atoms with E-state index in [4.69, 9.17) is 11.6 Å². The third kappa shape index (κ3) is 4.63. The molecule has 0 bridgehead atoms. The Morgan fingerprint density at radius 1 is 1.03 bits per heavy atom. The molecule has 2 heterocycles. The summed E-state index contributed by atoms with van der Waals surface area (Å²) >= 11 is 7.56. The second kappa shape index (κ2) is 9.53. The van der Waals surface area contributed by atoms with Crippen LogP contribution in [-0.4, -0.2) is 39.0 Å². The maximum atomic E-state index is 12.8. The van der Waals surface area contributed by atoms with Crippen molar-refractivity contribution in [2.45, 2.75) is 36.6 Å². The van der Waals surface area contributed by atoms with Crippen molar-refractivity contribution in [3.63, 3.8) is 0 Å². The van der Waals surface area contributed by atoms with Crippen LogP contribution in [0, 0.1) is 0 Å². The third-order valence-corrected chi connectivity index (χ3v) is 6.42. The molecular formula is C22H24ClN5OS. The van der Waals surface area contributed by atoms with Gasteiger partial charge in [-0.1, -0.05) is 53.7 Å². The Kier molecular flexibility index (Phi) is 6.59. The highest BCUT2D eigenvalue weighted by atomic mass is 35.5. The molecule has 0 saturated carbocycles. The SMILES string of the molecule is CC(Sc1nnc(N2CCCCC2)n1-c1ccccc1)C(=O)Nc1ccccc1Cl. The van der Waals surface area contributed by atoms with Crippen LogP contribution in [0.5, 0.6) is 0 Å². The Morgan fingerprint density at radius 3 is 2.47 bits per heavy atom. The monoisotopic (exact) mass is 441 g/mol. The van der Waals surface area contributed by atoms with Gasteiger partial charge in [0.1, 0.15) is 0 Å². The van der Waals surface area contributed by atoms with E-state index in [1.54, 1.807) is 12.1 Å². The summed E-state index contributed by atoms with van der Waals surface area (Å²) in [5, 5.41) is 12.7. The van der Waals surface area contributed by atoms with E-state index < -0.39 is 0 Å². The van der Waals surface area contributed by atoms with Crippen molar-refractivity contribution in [3.05, 3.63) is 59.6 Å². The molecule has 1 aliphatic heterocycles.